The van der Waals surface area contributed by atoms with E-state index < -0.39 is 0 Å². The van der Waals surface area contributed by atoms with Crippen molar-refractivity contribution in [3.05, 3.63) is 22.9 Å². The molecule has 1 heterocycles. The van der Waals surface area contributed by atoms with Crippen LogP contribution in [-0.4, -0.2) is 21.7 Å². The van der Waals surface area contributed by atoms with Gasteiger partial charge in [0.25, 0.3) is 0 Å². The second-order valence-electron chi connectivity index (χ2n) is 5.40. The lowest BCUT2D eigenvalue weighted by atomic mass is 10.1. The molecule has 4 nitrogen and oxygen atoms in total. The fourth-order valence-electron chi connectivity index (χ4n) is 1.80. The van der Waals surface area contributed by atoms with Gasteiger partial charge >= 0.3 is 5.69 Å². The summed E-state index contributed by atoms with van der Waals surface area (Å²) in [5.74, 6) is 0.457. The quantitative estimate of drug-likeness (QED) is 0.823. The molecule has 0 spiro atoms. The fraction of sp³-hybridized carbons (Fsp3) is 0.769. The van der Waals surface area contributed by atoms with E-state index in [0.717, 1.165) is 13.1 Å². The van der Waals surface area contributed by atoms with Gasteiger partial charge in [-0.05, 0) is 26.3 Å². The molecule has 0 aliphatic rings. The third-order valence-electron chi connectivity index (χ3n) is 2.81. The molecule has 1 unspecified atom stereocenters. The van der Waals surface area contributed by atoms with Gasteiger partial charge in [-0.25, -0.2) is 4.79 Å². The van der Waals surface area contributed by atoms with Crippen molar-refractivity contribution < 1.29 is 0 Å². The highest BCUT2D eigenvalue weighted by molar-refractivity contribution is 4.84. The molecular formula is C13H25N3O. The van der Waals surface area contributed by atoms with Gasteiger partial charge in [-0.15, -0.1) is 0 Å². The zero-order chi connectivity index (χ0) is 13.0. The Morgan fingerprint density at radius 1 is 1.18 bits per heavy atom. The Morgan fingerprint density at radius 2 is 1.82 bits per heavy atom. The predicted molar refractivity (Wildman–Crippen MR) is 71.4 cm³/mol. The van der Waals surface area contributed by atoms with E-state index in [1.807, 2.05) is 26.2 Å². The van der Waals surface area contributed by atoms with Crippen LogP contribution in [0.25, 0.3) is 0 Å². The van der Waals surface area contributed by atoms with Crippen LogP contribution in [-0.2, 0) is 6.54 Å². The SMILES string of the molecule is CC(CNC(C)C)Cn1ccn(C(C)C)c1=O. The maximum Gasteiger partial charge on any atom is 0.328 e. The summed E-state index contributed by atoms with van der Waals surface area (Å²) in [6, 6.07) is 0.724. The minimum Gasteiger partial charge on any atom is -0.314 e. The van der Waals surface area contributed by atoms with E-state index in [1.165, 1.54) is 0 Å². The second kappa shape index (κ2) is 6.05. The maximum atomic E-state index is 12.0. The Morgan fingerprint density at radius 3 is 2.29 bits per heavy atom. The molecule has 0 saturated carbocycles. The summed E-state index contributed by atoms with van der Waals surface area (Å²) < 4.78 is 3.56. The number of aromatic nitrogens is 2. The van der Waals surface area contributed by atoms with Gasteiger partial charge in [-0.1, -0.05) is 20.8 Å². The van der Waals surface area contributed by atoms with Gasteiger partial charge in [-0.2, -0.15) is 0 Å². The third kappa shape index (κ3) is 4.04. The van der Waals surface area contributed by atoms with Crippen molar-refractivity contribution in [3.8, 4) is 0 Å². The van der Waals surface area contributed by atoms with Gasteiger partial charge in [0.05, 0.1) is 0 Å². The minimum absolute atomic E-state index is 0.0939. The van der Waals surface area contributed by atoms with Gasteiger partial charge in [0.2, 0.25) is 0 Å². The van der Waals surface area contributed by atoms with Crippen molar-refractivity contribution in [1.82, 2.24) is 14.5 Å². The van der Waals surface area contributed by atoms with Crippen molar-refractivity contribution in [2.24, 2.45) is 5.92 Å². The summed E-state index contributed by atoms with van der Waals surface area (Å²) in [5, 5.41) is 3.39. The molecule has 0 bridgehead atoms. The molecular weight excluding hydrogens is 214 g/mol. The highest BCUT2D eigenvalue weighted by atomic mass is 16.1. The highest BCUT2D eigenvalue weighted by Gasteiger charge is 2.09. The van der Waals surface area contributed by atoms with Crippen molar-refractivity contribution in [2.45, 2.75) is 53.2 Å². The first-order valence-corrected chi connectivity index (χ1v) is 6.42. The lowest BCUT2D eigenvalue weighted by Gasteiger charge is -2.15. The Bertz CT molecular complexity index is 390. The van der Waals surface area contributed by atoms with Crippen molar-refractivity contribution in [3.63, 3.8) is 0 Å². The number of hydrogen-bond acceptors (Lipinski definition) is 2. The summed E-state index contributed by atoms with van der Waals surface area (Å²) in [6.07, 6.45) is 3.75. The minimum atomic E-state index is 0.0939. The molecule has 0 radical (unpaired) electrons. The van der Waals surface area contributed by atoms with Crippen molar-refractivity contribution >= 4 is 0 Å². The summed E-state index contributed by atoms with van der Waals surface area (Å²) in [5.41, 5.74) is 0.0939. The van der Waals surface area contributed by atoms with Crippen LogP contribution in [0.5, 0.6) is 0 Å². The Balaban J connectivity index is 2.60. The number of imidazole rings is 1. The van der Waals surface area contributed by atoms with Gasteiger partial charge in [0.1, 0.15) is 0 Å². The van der Waals surface area contributed by atoms with E-state index in [0.29, 0.717) is 12.0 Å². The molecule has 0 amide bonds. The Labute approximate surface area is 104 Å². The number of nitrogens with zero attached hydrogens (tertiary/aromatic N) is 2. The van der Waals surface area contributed by atoms with Gasteiger partial charge in [0.15, 0.2) is 0 Å². The van der Waals surface area contributed by atoms with Crippen LogP contribution in [0, 0.1) is 5.92 Å². The Hall–Kier alpha value is -1.03. The smallest absolute Gasteiger partial charge is 0.314 e. The first-order chi connectivity index (χ1) is 7.91. The van der Waals surface area contributed by atoms with Gasteiger partial charge in [0, 0.05) is 31.0 Å². The van der Waals surface area contributed by atoms with E-state index in [4.69, 9.17) is 0 Å². The largest absolute Gasteiger partial charge is 0.328 e. The van der Waals surface area contributed by atoms with Crippen LogP contribution in [0.3, 0.4) is 0 Å². The van der Waals surface area contributed by atoms with Gasteiger partial charge < -0.3 is 5.32 Å². The third-order valence-corrected chi connectivity index (χ3v) is 2.81. The van der Waals surface area contributed by atoms with Crippen LogP contribution in [0.4, 0.5) is 0 Å². The van der Waals surface area contributed by atoms with Crippen LogP contribution in [0.2, 0.25) is 0 Å². The van der Waals surface area contributed by atoms with E-state index in [1.54, 1.807) is 9.13 Å². The number of nitrogens with one attached hydrogen (secondary N) is 1. The Kier molecular flexibility index (Phi) is 5.00. The molecule has 1 aromatic heterocycles. The topological polar surface area (TPSA) is 39.0 Å². The molecule has 0 aromatic carbocycles. The van der Waals surface area contributed by atoms with Crippen LogP contribution < -0.4 is 11.0 Å². The first kappa shape index (κ1) is 14.0. The molecule has 1 atom stereocenters. The van der Waals surface area contributed by atoms with Crippen LogP contribution in [0.1, 0.15) is 40.7 Å². The average molecular weight is 239 g/mol. The van der Waals surface area contributed by atoms with E-state index >= 15 is 0 Å². The van der Waals surface area contributed by atoms with Crippen molar-refractivity contribution in [2.75, 3.05) is 6.54 Å². The lowest BCUT2D eigenvalue weighted by molar-refractivity contribution is 0.415. The van der Waals surface area contributed by atoms with Crippen LogP contribution >= 0.6 is 0 Å². The number of hydrogen-bond donors (Lipinski definition) is 1. The van der Waals surface area contributed by atoms with E-state index in [2.05, 4.69) is 26.1 Å². The van der Waals surface area contributed by atoms with Crippen molar-refractivity contribution in [1.29, 1.82) is 0 Å². The molecule has 0 aliphatic heterocycles. The number of rotatable bonds is 6. The molecule has 1 N–H and O–H groups in total. The maximum absolute atomic E-state index is 12.0. The molecule has 98 valence electrons. The molecule has 0 saturated heterocycles. The predicted octanol–water partition coefficient (Wildman–Crippen LogP) is 1.86. The molecule has 0 aliphatic carbocycles. The molecule has 0 fully saturated rings. The summed E-state index contributed by atoms with van der Waals surface area (Å²) in [4.78, 5) is 12.0. The molecule has 1 aromatic rings. The standard InChI is InChI=1S/C13H25N3O/c1-10(2)14-8-12(5)9-15-6-7-16(11(3)4)13(15)17/h6-7,10-12,14H,8-9H2,1-5H3. The zero-order valence-corrected chi connectivity index (χ0v) is 11.6. The van der Waals surface area contributed by atoms with Crippen LogP contribution in [0.15, 0.2) is 17.2 Å². The van der Waals surface area contributed by atoms with Gasteiger partial charge in [-0.3, -0.25) is 9.13 Å². The second-order valence-corrected chi connectivity index (χ2v) is 5.40. The van der Waals surface area contributed by atoms with E-state index in [-0.39, 0.29) is 11.7 Å². The molecule has 1 rings (SSSR count). The normalized spacial score (nSPS) is 13.6. The zero-order valence-electron chi connectivity index (χ0n) is 11.6. The lowest BCUT2D eigenvalue weighted by Crippen LogP contribution is -2.32. The first-order valence-electron chi connectivity index (χ1n) is 6.42. The molecule has 4 heteroatoms. The van der Waals surface area contributed by atoms with E-state index in [9.17, 15) is 4.79 Å². The average Bonchev–Trinajstić information content (AvgIpc) is 2.58. The monoisotopic (exact) mass is 239 g/mol. The summed E-state index contributed by atoms with van der Waals surface area (Å²) >= 11 is 0. The fourth-order valence-corrected chi connectivity index (χ4v) is 1.80. The summed E-state index contributed by atoms with van der Waals surface area (Å²) in [7, 11) is 0. The highest BCUT2D eigenvalue weighted by Crippen LogP contribution is 2.02. The molecule has 17 heavy (non-hydrogen) atoms. The summed E-state index contributed by atoms with van der Waals surface area (Å²) in [6.45, 7) is 12.2.